The van der Waals surface area contributed by atoms with Gasteiger partial charge in [-0.25, -0.2) is 4.79 Å². The van der Waals surface area contributed by atoms with Crippen LogP contribution in [0.15, 0.2) is 48.5 Å². The van der Waals surface area contributed by atoms with Gasteiger partial charge in [-0.1, -0.05) is 38.1 Å². The highest BCUT2D eigenvalue weighted by Gasteiger charge is 2.25. The van der Waals surface area contributed by atoms with Crippen molar-refractivity contribution in [2.75, 3.05) is 32.8 Å². The third kappa shape index (κ3) is 6.58. The van der Waals surface area contributed by atoms with Crippen molar-refractivity contribution in [1.29, 1.82) is 0 Å². The summed E-state index contributed by atoms with van der Waals surface area (Å²) in [6.45, 7) is 10.2. The van der Waals surface area contributed by atoms with Crippen LogP contribution in [0, 0.1) is 11.8 Å². The number of nitrogens with one attached hydrogen (secondary N) is 1. The van der Waals surface area contributed by atoms with Crippen LogP contribution in [0.4, 0.5) is 0 Å². The molecule has 1 aliphatic rings. The average Bonchev–Trinajstić information content (AvgIpc) is 3.04. The fraction of sp³-hybridized carbons (Fsp3) is 0.458. The molecule has 156 valence electrons. The summed E-state index contributed by atoms with van der Waals surface area (Å²) in [5.41, 5.74) is 2.57. The van der Waals surface area contributed by atoms with Crippen LogP contribution in [0.3, 0.4) is 0 Å². The van der Waals surface area contributed by atoms with Crippen molar-refractivity contribution in [3.63, 3.8) is 0 Å². The quantitative estimate of drug-likeness (QED) is 0.600. The summed E-state index contributed by atoms with van der Waals surface area (Å²) in [7, 11) is 0. The van der Waals surface area contributed by atoms with Crippen LogP contribution in [0.2, 0.25) is 0 Å². The van der Waals surface area contributed by atoms with E-state index in [1.54, 1.807) is 18.2 Å². The molecule has 2 aromatic carbocycles. The molecule has 1 saturated heterocycles. The van der Waals surface area contributed by atoms with Gasteiger partial charge < -0.3 is 15.2 Å². The Morgan fingerprint density at radius 2 is 1.83 bits per heavy atom. The van der Waals surface area contributed by atoms with E-state index in [0.717, 1.165) is 49.3 Å². The maximum absolute atomic E-state index is 11.0. The van der Waals surface area contributed by atoms with Gasteiger partial charge in [0.15, 0.2) is 0 Å². The van der Waals surface area contributed by atoms with Gasteiger partial charge in [0, 0.05) is 26.2 Å². The first-order valence-electron chi connectivity index (χ1n) is 10.5. The lowest BCUT2D eigenvalue weighted by molar-refractivity contribution is 0.0696. The van der Waals surface area contributed by atoms with Crippen LogP contribution >= 0.6 is 0 Å². The molecular formula is C24H32N2O3. The minimum atomic E-state index is -0.890. The molecule has 5 nitrogen and oxygen atoms in total. The van der Waals surface area contributed by atoms with Crippen molar-refractivity contribution >= 4 is 5.97 Å². The Morgan fingerprint density at radius 1 is 1.10 bits per heavy atom. The SMILES string of the molecule is CC1CN(CCOc2ccc(CCNCc3cccc(C(=O)O)c3)cc2)CC1C. The van der Waals surface area contributed by atoms with Crippen molar-refractivity contribution in [3.8, 4) is 5.75 Å². The first kappa shape index (κ1) is 21.3. The number of hydrogen-bond donors (Lipinski definition) is 2. The number of rotatable bonds is 10. The second kappa shape index (κ2) is 10.4. The Hall–Kier alpha value is -2.37. The van der Waals surface area contributed by atoms with E-state index in [1.165, 1.54) is 18.7 Å². The van der Waals surface area contributed by atoms with Crippen LogP contribution < -0.4 is 10.1 Å². The normalized spacial score (nSPS) is 19.4. The molecule has 3 rings (SSSR count). The molecule has 2 atom stereocenters. The molecule has 2 unspecified atom stereocenters. The van der Waals surface area contributed by atoms with E-state index in [0.29, 0.717) is 12.1 Å². The van der Waals surface area contributed by atoms with Crippen molar-refractivity contribution in [2.45, 2.75) is 26.8 Å². The number of benzene rings is 2. The molecule has 2 aromatic rings. The second-order valence-electron chi connectivity index (χ2n) is 8.14. The van der Waals surface area contributed by atoms with Crippen LogP contribution in [-0.4, -0.2) is 48.8 Å². The lowest BCUT2D eigenvalue weighted by atomic mass is 10.0. The largest absolute Gasteiger partial charge is 0.492 e. The Bertz CT molecular complexity index is 781. The highest BCUT2D eigenvalue weighted by molar-refractivity contribution is 5.87. The van der Waals surface area contributed by atoms with Gasteiger partial charge in [-0.2, -0.15) is 0 Å². The van der Waals surface area contributed by atoms with E-state index < -0.39 is 5.97 Å². The lowest BCUT2D eigenvalue weighted by Crippen LogP contribution is -2.26. The smallest absolute Gasteiger partial charge is 0.335 e. The minimum absolute atomic E-state index is 0.327. The van der Waals surface area contributed by atoms with E-state index in [4.69, 9.17) is 9.84 Å². The summed E-state index contributed by atoms with van der Waals surface area (Å²) < 4.78 is 5.90. The molecule has 0 spiro atoms. The molecule has 0 amide bonds. The van der Waals surface area contributed by atoms with Crippen molar-refractivity contribution in [1.82, 2.24) is 10.2 Å². The van der Waals surface area contributed by atoms with Gasteiger partial charge in [-0.05, 0) is 60.2 Å². The number of ether oxygens (including phenoxy) is 1. The summed E-state index contributed by atoms with van der Waals surface area (Å²) in [5, 5.41) is 12.4. The van der Waals surface area contributed by atoms with Crippen LogP contribution in [-0.2, 0) is 13.0 Å². The van der Waals surface area contributed by atoms with Gasteiger partial charge in [0.05, 0.1) is 5.56 Å². The van der Waals surface area contributed by atoms with Gasteiger partial charge in [0.1, 0.15) is 12.4 Å². The van der Waals surface area contributed by atoms with Crippen LogP contribution in [0.25, 0.3) is 0 Å². The van der Waals surface area contributed by atoms with Crippen LogP contribution in [0.1, 0.15) is 35.3 Å². The second-order valence-corrected chi connectivity index (χ2v) is 8.14. The summed E-state index contributed by atoms with van der Waals surface area (Å²) in [6, 6.07) is 15.4. The van der Waals surface area contributed by atoms with E-state index >= 15 is 0 Å². The molecular weight excluding hydrogens is 364 g/mol. The zero-order valence-corrected chi connectivity index (χ0v) is 17.4. The average molecular weight is 397 g/mol. The van der Waals surface area contributed by atoms with Gasteiger partial charge in [0.25, 0.3) is 0 Å². The van der Waals surface area contributed by atoms with Crippen LogP contribution in [0.5, 0.6) is 5.75 Å². The Kier molecular flexibility index (Phi) is 7.67. The van der Waals surface area contributed by atoms with Gasteiger partial charge in [0.2, 0.25) is 0 Å². The highest BCUT2D eigenvalue weighted by atomic mass is 16.5. The molecule has 29 heavy (non-hydrogen) atoms. The predicted molar refractivity (Wildman–Crippen MR) is 116 cm³/mol. The molecule has 0 saturated carbocycles. The van der Waals surface area contributed by atoms with E-state index in [1.807, 2.05) is 18.2 Å². The van der Waals surface area contributed by atoms with Gasteiger partial charge in [-0.3, -0.25) is 4.90 Å². The van der Waals surface area contributed by atoms with Gasteiger partial charge in [-0.15, -0.1) is 0 Å². The molecule has 0 aromatic heterocycles. The predicted octanol–water partition coefficient (Wildman–Crippen LogP) is 3.68. The summed E-state index contributed by atoms with van der Waals surface area (Å²) in [5.74, 6) is 1.60. The Balaban J connectivity index is 1.34. The number of carboxylic acid groups (broad SMARTS) is 1. The van der Waals surface area contributed by atoms with Gasteiger partial charge >= 0.3 is 5.97 Å². The number of carbonyl (C=O) groups is 1. The molecule has 1 aliphatic heterocycles. The summed E-state index contributed by atoms with van der Waals surface area (Å²) in [4.78, 5) is 13.5. The number of carboxylic acids is 1. The first-order valence-corrected chi connectivity index (χ1v) is 10.5. The number of likely N-dealkylation sites (tertiary alicyclic amines) is 1. The topological polar surface area (TPSA) is 61.8 Å². The summed E-state index contributed by atoms with van der Waals surface area (Å²) in [6.07, 6.45) is 0.919. The van der Waals surface area contributed by atoms with E-state index in [9.17, 15) is 4.79 Å². The van der Waals surface area contributed by atoms with Crippen molar-refractivity contribution in [3.05, 3.63) is 65.2 Å². The molecule has 0 bridgehead atoms. The molecule has 0 radical (unpaired) electrons. The fourth-order valence-electron chi connectivity index (χ4n) is 3.76. The summed E-state index contributed by atoms with van der Waals surface area (Å²) >= 11 is 0. The third-order valence-corrected chi connectivity index (χ3v) is 5.76. The third-order valence-electron chi connectivity index (χ3n) is 5.76. The number of nitrogens with zero attached hydrogens (tertiary/aromatic N) is 1. The Labute approximate surface area is 173 Å². The lowest BCUT2D eigenvalue weighted by Gasteiger charge is -2.16. The van der Waals surface area contributed by atoms with E-state index in [2.05, 4.69) is 36.2 Å². The molecule has 5 heteroatoms. The highest BCUT2D eigenvalue weighted by Crippen LogP contribution is 2.21. The minimum Gasteiger partial charge on any atom is -0.492 e. The first-order chi connectivity index (χ1) is 14.0. The molecule has 2 N–H and O–H groups in total. The Morgan fingerprint density at radius 3 is 2.52 bits per heavy atom. The number of aromatic carboxylic acids is 1. The maximum atomic E-state index is 11.0. The fourth-order valence-corrected chi connectivity index (χ4v) is 3.76. The molecule has 0 aliphatic carbocycles. The monoisotopic (exact) mass is 396 g/mol. The standard InChI is InChI=1S/C24H32N2O3/c1-18-16-26(17-19(18)2)12-13-29-23-8-6-20(7-9-23)10-11-25-15-21-4-3-5-22(14-21)24(27)28/h3-9,14,18-19,25H,10-13,15-17H2,1-2H3,(H,27,28). The maximum Gasteiger partial charge on any atom is 0.335 e. The van der Waals surface area contributed by atoms with Crippen molar-refractivity contribution in [2.24, 2.45) is 11.8 Å². The zero-order chi connectivity index (χ0) is 20.6. The molecule has 1 heterocycles. The number of hydrogen-bond acceptors (Lipinski definition) is 4. The van der Waals surface area contributed by atoms with E-state index in [-0.39, 0.29) is 0 Å². The molecule has 1 fully saturated rings. The van der Waals surface area contributed by atoms with Crippen molar-refractivity contribution < 1.29 is 14.6 Å². The zero-order valence-electron chi connectivity index (χ0n) is 17.4.